The first-order valence-electron chi connectivity index (χ1n) is 6.49. The van der Waals surface area contributed by atoms with Crippen LogP contribution in [0.4, 0.5) is 11.4 Å². The predicted molar refractivity (Wildman–Crippen MR) is 77.7 cm³/mol. The van der Waals surface area contributed by atoms with Crippen molar-refractivity contribution in [1.29, 1.82) is 0 Å². The Hall–Kier alpha value is -1.42. The van der Waals surface area contributed by atoms with Crippen LogP contribution < -0.4 is 11.1 Å². The minimum Gasteiger partial charge on any atom is -0.462 e. The van der Waals surface area contributed by atoms with Gasteiger partial charge in [0.1, 0.15) is 0 Å². The summed E-state index contributed by atoms with van der Waals surface area (Å²) in [4.78, 5) is 12.0. The Labute approximate surface area is 118 Å². The molecule has 1 aromatic rings. The molecule has 0 unspecified atom stereocenters. The van der Waals surface area contributed by atoms with Crippen molar-refractivity contribution in [2.24, 2.45) is 0 Å². The number of carbonyl (C=O) groups is 1. The van der Waals surface area contributed by atoms with Crippen molar-refractivity contribution in [3.63, 3.8) is 0 Å². The fourth-order valence-corrected chi connectivity index (χ4v) is 2.53. The van der Waals surface area contributed by atoms with Crippen molar-refractivity contribution in [2.75, 3.05) is 17.7 Å². The summed E-state index contributed by atoms with van der Waals surface area (Å²) in [5.74, 6) is -0.401. The summed E-state index contributed by atoms with van der Waals surface area (Å²) in [6.07, 6.45) is 3.32. The largest absolute Gasteiger partial charge is 0.462 e. The smallest absolute Gasteiger partial charge is 0.340 e. The van der Waals surface area contributed by atoms with Crippen LogP contribution in [-0.2, 0) is 4.74 Å². The fourth-order valence-electron chi connectivity index (χ4n) is 2.26. The summed E-state index contributed by atoms with van der Waals surface area (Å²) in [7, 11) is 0. The third kappa shape index (κ3) is 2.95. The zero-order valence-electron chi connectivity index (χ0n) is 11.3. The maximum atomic E-state index is 12.0. The Kier molecular flexibility index (Phi) is 3.90. The highest BCUT2D eigenvalue weighted by molar-refractivity contribution is 6.34. The topological polar surface area (TPSA) is 64.3 Å². The molecule has 0 aliphatic heterocycles. The van der Waals surface area contributed by atoms with E-state index in [-0.39, 0.29) is 5.54 Å². The predicted octanol–water partition coefficient (Wildman–Crippen LogP) is 3.45. The lowest BCUT2D eigenvalue weighted by atomic mass is 9.78. The van der Waals surface area contributed by atoms with Gasteiger partial charge in [-0.1, -0.05) is 11.6 Å². The summed E-state index contributed by atoms with van der Waals surface area (Å²) >= 11 is 6.22. The van der Waals surface area contributed by atoms with E-state index in [4.69, 9.17) is 22.1 Å². The van der Waals surface area contributed by atoms with E-state index in [9.17, 15) is 4.79 Å². The van der Waals surface area contributed by atoms with Crippen molar-refractivity contribution in [2.45, 2.75) is 38.6 Å². The second kappa shape index (κ2) is 5.29. The molecule has 19 heavy (non-hydrogen) atoms. The van der Waals surface area contributed by atoms with Gasteiger partial charge in [0, 0.05) is 11.2 Å². The molecule has 5 heteroatoms. The van der Waals surface area contributed by atoms with Crippen LogP contribution in [0.15, 0.2) is 12.1 Å². The first-order valence-corrected chi connectivity index (χ1v) is 6.87. The van der Waals surface area contributed by atoms with E-state index < -0.39 is 5.97 Å². The van der Waals surface area contributed by atoms with E-state index in [1.165, 1.54) is 6.42 Å². The summed E-state index contributed by atoms with van der Waals surface area (Å²) in [6, 6.07) is 3.25. The van der Waals surface area contributed by atoms with Crippen LogP contribution in [0.25, 0.3) is 0 Å². The SMILES string of the molecule is CCOC(=O)c1cc(N)cc(Cl)c1NC1(C)CCC1. The molecule has 0 bridgehead atoms. The van der Waals surface area contributed by atoms with Crippen LogP contribution >= 0.6 is 11.6 Å². The van der Waals surface area contributed by atoms with E-state index >= 15 is 0 Å². The summed E-state index contributed by atoms with van der Waals surface area (Å²) in [5, 5.41) is 3.82. The lowest BCUT2D eigenvalue weighted by molar-refractivity contribution is 0.0527. The molecule has 1 aliphatic rings. The minimum absolute atomic E-state index is 0.000992. The molecule has 2 rings (SSSR count). The molecule has 0 spiro atoms. The summed E-state index contributed by atoms with van der Waals surface area (Å²) < 4.78 is 5.05. The average Bonchev–Trinajstić information content (AvgIpc) is 2.30. The van der Waals surface area contributed by atoms with Gasteiger partial charge < -0.3 is 15.8 Å². The van der Waals surface area contributed by atoms with Gasteiger partial charge in [0.15, 0.2) is 0 Å². The number of hydrogen-bond acceptors (Lipinski definition) is 4. The van der Waals surface area contributed by atoms with Gasteiger partial charge in [0.25, 0.3) is 0 Å². The molecule has 0 saturated heterocycles. The Morgan fingerprint density at radius 3 is 2.74 bits per heavy atom. The van der Waals surface area contributed by atoms with Gasteiger partial charge in [0.05, 0.1) is 22.9 Å². The molecule has 1 aromatic carbocycles. The van der Waals surface area contributed by atoms with Crippen molar-refractivity contribution in [3.8, 4) is 0 Å². The van der Waals surface area contributed by atoms with Crippen LogP contribution in [0, 0.1) is 0 Å². The Balaban J connectivity index is 2.36. The Bertz CT molecular complexity index is 498. The minimum atomic E-state index is -0.401. The molecule has 0 aromatic heterocycles. The van der Waals surface area contributed by atoms with Gasteiger partial charge in [-0.05, 0) is 45.2 Å². The van der Waals surface area contributed by atoms with Gasteiger partial charge in [0.2, 0.25) is 0 Å². The molecule has 3 N–H and O–H groups in total. The maximum Gasteiger partial charge on any atom is 0.340 e. The number of nitrogens with one attached hydrogen (secondary N) is 1. The third-order valence-electron chi connectivity index (χ3n) is 3.49. The molecule has 0 atom stereocenters. The van der Waals surface area contributed by atoms with Gasteiger partial charge in [-0.2, -0.15) is 0 Å². The van der Waals surface area contributed by atoms with Crippen LogP contribution in [0.1, 0.15) is 43.5 Å². The van der Waals surface area contributed by atoms with Gasteiger partial charge in [-0.3, -0.25) is 0 Å². The van der Waals surface area contributed by atoms with Crippen molar-refractivity contribution in [3.05, 3.63) is 22.7 Å². The lowest BCUT2D eigenvalue weighted by Gasteiger charge is -2.40. The van der Waals surface area contributed by atoms with Gasteiger partial charge in [-0.25, -0.2) is 4.79 Å². The van der Waals surface area contributed by atoms with Crippen molar-refractivity contribution in [1.82, 2.24) is 0 Å². The second-order valence-electron chi connectivity index (χ2n) is 5.18. The van der Waals surface area contributed by atoms with Crippen LogP contribution in [0.3, 0.4) is 0 Å². The quantitative estimate of drug-likeness (QED) is 0.656. The van der Waals surface area contributed by atoms with Crippen LogP contribution in [0.2, 0.25) is 5.02 Å². The molecule has 1 fully saturated rings. The number of esters is 1. The molecule has 4 nitrogen and oxygen atoms in total. The molecule has 1 saturated carbocycles. The summed E-state index contributed by atoms with van der Waals surface area (Å²) in [5.41, 5.74) is 7.23. The zero-order valence-corrected chi connectivity index (χ0v) is 12.0. The highest BCUT2D eigenvalue weighted by Crippen LogP contribution is 2.39. The first kappa shape index (κ1) is 14.0. The molecule has 0 heterocycles. The van der Waals surface area contributed by atoms with Gasteiger partial charge >= 0.3 is 5.97 Å². The number of halogens is 1. The van der Waals surface area contributed by atoms with E-state index in [0.29, 0.717) is 28.6 Å². The van der Waals surface area contributed by atoms with Crippen molar-refractivity contribution < 1.29 is 9.53 Å². The summed E-state index contributed by atoms with van der Waals surface area (Å²) in [6.45, 7) is 4.21. The molecule has 0 radical (unpaired) electrons. The van der Waals surface area contributed by atoms with E-state index in [1.807, 2.05) is 0 Å². The monoisotopic (exact) mass is 282 g/mol. The van der Waals surface area contributed by atoms with E-state index in [0.717, 1.165) is 12.8 Å². The van der Waals surface area contributed by atoms with E-state index in [2.05, 4.69) is 12.2 Å². The lowest BCUT2D eigenvalue weighted by Crippen LogP contribution is -2.42. The zero-order chi connectivity index (χ0) is 14.0. The fraction of sp³-hybridized carbons (Fsp3) is 0.500. The van der Waals surface area contributed by atoms with Gasteiger partial charge in [-0.15, -0.1) is 0 Å². The number of nitrogen functional groups attached to an aromatic ring is 1. The number of hydrogen-bond donors (Lipinski definition) is 2. The second-order valence-corrected chi connectivity index (χ2v) is 5.59. The third-order valence-corrected chi connectivity index (χ3v) is 3.79. The number of ether oxygens (including phenoxy) is 1. The maximum absolute atomic E-state index is 12.0. The molecular weight excluding hydrogens is 264 g/mol. The van der Waals surface area contributed by atoms with Crippen molar-refractivity contribution >= 4 is 28.9 Å². The van der Waals surface area contributed by atoms with E-state index in [1.54, 1.807) is 19.1 Å². The molecular formula is C14H19ClN2O2. The number of carbonyl (C=O) groups excluding carboxylic acids is 1. The molecule has 0 amide bonds. The average molecular weight is 283 g/mol. The Morgan fingerprint density at radius 2 is 2.21 bits per heavy atom. The first-order chi connectivity index (χ1) is 8.95. The number of benzene rings is 1. The number of anilines is 2. The number of rotatable bonds is 4. The highest BCUT2D eigenvalue weighted by atomic mass is 35.5. The normalized spacial score (nSPS) is 16.6. The van der Waals surface area contributed by atoms with Crippen LogP contribution in [0.5, 0.6) is 0 Å². The molecule has 104 valence electrons. The van der Waals surface area contributed by atoms with Crippen LogP contribution in [-0.4, -0.2) is 18.1 Å². The highest BCUT2D eigenvalue weighted by Gasteiger charge is 2.33. The number of nitrogens with two attached hydrogens (primary N) is 1. The molecule has 1 aliphatic carbocycles. The standard InChI is InChI=1S/C14H19ClN2O2/c1-3-19-13(18)10-7-9(16)8-11(15)12(10)17-14(2)5-4-6-14/h7-8,17H,3-6,16H2,1-2H3. The Morgan fingerprint density at radius 1 is 1.53 bits per heavy atom.